The van der Waals surface area contributed by atoms with Crippen LogP contribution in [0.3, 0.4) is 0 Å². The maximum absolute atomic E-state index is 10.7. The second-order valence-corrected chi connectivity index (χ2v) is 3.97. The van der Waals surface area contributed by atoms with Crippen LogP contribution >= 0.6 is 0 Å². The summed E-state index contributed by atoms with van der Waals surface area (Å²) >= 11 is 0. The number of pyridine rings is 1. The van der Waals surface area contributed by atoms with Crippen LogP contribution in [-0.4, -0.2) is 16.1 Å². The SMILES string of the molecule is Cc1cccc(Nc2ccc(C(=O)O)nc2)c1C#N. The number of aryl methyl sites for hydroxylation is 1. The molecule has 0 saturated heterocycles. The molecular formula is C14H11N3O2. The van der Waals surface area contributed by atoms with E-state index in [2.05, 4.69) is 16.4 Å². The van der Waals surface area contributed by atoms with Crippen molar-refractivity contribution in [2.45, 2.75) is 6.92 Å². The molecular weight excluding hydrogens is 242 g/mol. The first-order chi connectivity index (χ1) is 9.11. The highest BCUT2D eigenvalue weighted by Crippen LogP contribution is 2.22. The van der Waals surface area contributed by atoms with Crippen molar-refractivity contribution in [1.82, 2.24) is 4.98 Å². The van der Waals surface area contributed by atoms with Crippen LogP contribution in [0.15, 0.2) is 36.5 Å². The minimum Gasteiger partial charge on any atom is -0.477 e. The van der Waals surface area contributed by atoms with E-state index >= 15 is 0 Å². The van der Waals surface area contributed by atoms with Crippen LogP contribution in [0.1, 0.15) is 21.6 Å². The van der Waals surface area contributed by atoms with Crippen LogP contribution < -0.4 is 5.32 Å². The average Bonchev–Trinajstić information content (AvgIpc) is 2.39. The number of hydrogen-bond acceptors (Lipinski definition) is 4. The minimum atomic E-state index is -1.07. The Morgan fingerprint density at radius 3 is 2.74 bits per heavy atom. The van der Waals surface area contributed by atoms with Gasteiger partial charge in [0, 0.05) is 0 Å². The largest absolute Gasteiger partial charge is 0.477 e. The van der Waals surface area contributed by atoms with Crippen molar-refractivity contribution >= 4 is 17.3 Å². The van der Waals surface area contributed by atoms with Gasteiger partial charge >= 0.3 is 5.97 Å². The van der Waals surface area contributed by atoms with Gasteiger partial charge in [-0.1, -0.05) is 12.1 Å². The molecule has 0 bridgehead atoms. The third-order valence-corrected chi connectivity index (χ3v) is 2.65. The fourth-order valence-electron chi connectivity index (χ4n) is 1.67. The Kier molecular flexibility index (Phi) is 3.44. The number of carboxylic acid groups (broad SMARTS) is 1. The number of benzene rings is 1. The van der Waals surface area contributed by atoms with Crippen molar-refractivity contribution in [3.63, 3.8) is 0 Å². The van der Waals surface area contributed by atoms with E-state index in [1.165, 1.54) is 12.3 Å². The third-order valence-electron chi connectivity index (χ3n) is 2.65. The van der Waals surface area contributed by atoms with E-state index in [-0.39, 0.29) is 5.69 Å². The fraction of sp³-hybridized carbons (Fsp3) is 0.0714. The molecule has 0 aliphatic heterocycles. The van der Waals surface area contributed by atoms with Crippen LogP contribution in [0, 0.1) is 18.3 Å². The molecule has 0 saturated carbocycles. The maximum Gasteiger partial charge on any atom is 0.354 e. The van der Waals surface area contributed by atoms with Crippen molar-refractivity contribution in [2.75, 3.05) is 5.32 Å². The van der Waals surface area contributed by atoms with E-state index in [0.717, 1.165) is 5.56 Å². The Bertz CT molecular complexity index is 657. The molecule has 1 aromatic heterocycles. The summed E-state index contributed by atoms with van der Waals surface area (Å²) in [6.07, 6.45) is 1.42. The topological polar surface area (TPSA) is 86.0 Å². The van der Waals surface area contributed by atoms with Gasteiger partial charge in [0.05, 0.1) is 23.1 Å². The van der Waals surface area contributed by atoms with Gasteiger partial charge in [0.25, 0.3) is 0 Å². The number of carbonyl (C=O) groups is 1. The summed E-state index contributed by atoms with van der Waals surface area (Å²) in [6, 6.07) is 10.6. The van der Waals surface area contributed by atoms with Crippen molar-refractivity contribution < 1.29 is 9.90 Å². The number of hydrogen-bond donors (Lipinski definition) is 2. The number of anilines is 2. The quantitative estimate of drug-likeness (QED) is 0.878. The van der Waals surface area contributed by atoms with E-state index in [1.807, 2.05) is 19.1 Å². The van der Waals surface area contributed by atoms with E-state index in [9.17, 15) is 4.79 Å². The molecule has 5 nitrogen and oxygen atoms in total. The van der Waals surface area contributed by atoms with Crippen LogP contribution in [0.5, 0.6) is 0 Å². The lowest BCUT2D eigenvalue weighted by Crippen LogP contribution is -2.01. The van der Waals surface area contributed by atoms with Crippen LogP contribution in [0.25, 0.3) is 0 Å². The molecule has 1 heterocycles. The van der Waals surface area contributed by atoms with Crippen molar-refractivity contribution in [1.29, 1.82) is 5.26 Å². The van der Waals surface area contributed by atoms with Gasteiger partial charge in [0.15, 0.2) is 0 Å². The van der Waals surface area contributed by atoms with Crippen LogP contribution in [-0.2, 0) is 0 Å². The zero-order valence-corrected chi connectivity index (χ0v) is 10.2. The molecule has 0 unspecified atom stereocenters. The Hall–Kier alpha value is -2.87. The number of nitrogens with zero attached hydrogens (tertiary/aromatic N) is 2. The molecule has 0 aliphatic carbocycles. The predicted molar refractivity (Wildman–Crippen MR) is 70.4 cm³/mol. The molecule has 2 rings (SSSR count). The van der Waals surface area contributed by atoms with E-state index in [4.69, 9.17) is 10.4 Å². The van der Waals surface area contributed by atoms with Gasteiger partial charge in [-0.3, -0.25) is 0 Å². The molecule has 0 atom stereocenters. The highest BCUT2D eigenvalue weighted by Gasteiger charge is 2.07. The van der Waals surface area contributed by atoms with Gasteiger partial charge in [0.1, 0.15) is 11.8 Å². The Balaban J connectivity index is 2.29. The fourth-order valence-corrected chi connectivity index (χ4v) is 1.67. The average molecular weight is 253 g/mol. The summed E-state index contributed by atoms with van der Waals surface area (Å²) in [6.45, 7) is 1.86. The first-order valence-electron chi connectivity index (χ1n) is 5.58. The van der Waals surface area contributed by atoms with Gasteiger partial charge < -0.3 is 10.4 Å². The Morgan fingerprint density at radius 2 is 2.16 bits per heavy atom. The molecule has 1 aromatic carbocycles. The third kappa shape index (κ3) is 2.69. The molecule has 2 aromatic rings. The zero-order chi connectivity index (χ0) is 13.8. The molecule has 2 N–H and O–H groups in total. The summed E-state index contributed by atoms with van der Waals surface area (Å²) in [5, 5.41) is 20.9. The number of carboxylic acids is 1. The summed E-state index contributed by atoms with van der Waals surface area (Å²) in [5.41, 5.74) is 2.72. The number of rotatable bonds is 3. The molecule has 0 amide bonds. The second kappa shape index (κ2) is 5.19. The first-order valence-corrected chi connectivity index (χ1v) is 5.58. The van der Waals surface area contributed by atoms with Crippen LogP contribution in [0.2, 0.25) is 0 Å². The minimum absolute atomic E-state index is 0.0182. The summed E-state index contributed by atoms with van der Waals surface area (Å²) < 4.78 is 0. The van der Waals surface area contributed by atoms with Crippen molar-refractivity contribution in [3.8, 4) is 6.07 Å². The number of nitrogens with one attached hydrogen (secondary N) is 1. The molecule has 0 spiro atoms. The van der Waals surface area contributed by atoms with E-state index in [1.54, 1.807) is 12.1 Å². The molecule has 5 heteroatoms. The lowest BCUT2D eigenvalue weighted by molar-refractivity contribution is 0.0690. The normalized spacial score (nSPS) is 9.68. The van der Waals surface area contributed by atoms with Gasteiger partial charge in [-0.25, -0.2) is 9.78 Å². The van der Waals surface area contributed by atoms with Crippen LogP contribution in [0.4, 0.5) is 11.4 Å². The predicted octanol–water partition coefficient (Wildman–Crippen LogP) is 2.70. The number of aromatic nitrogens is 1. The smallest absolute Gasteiger partial charge is 0.354 e. The molecule has 94 valence electrons. The number of nitriles is 1. The second-order valence-electron chi connectivity index (χ2n) is 3.97. The lowest BCUT2D eigenvalue weighted by atomic mass is 10.1. The monoisotopic (exact) mass is 253 g/mol. The molecule has 0 radical (unpaired) electrons. The van der Waals surface area contributed by atoms with Crippen molar-refractivity contribution in [3.05, 3.63) is 53.3 Å². The Labute approximate surface area is 110 Å². The van der Waals surface area contributed by atoms with Gasteiger partial charge in [0.2, 0.25) is 0 Å². The lowest BCUT2D eigenvalue weighted by Gasteiger charge is -2.09. The van der Waals surface area contributed by atoms with Crippen molar-refractivity contribution in [2.24, 2.45) is 0 Å². The van der Waals surface area contributed by atoms with E-state index < -0.39 is 5.97 Å². The van der Waals surface area contributed by atoms with Gasteiger partial charge in [-0.2, -0.15) is 5.26 Å². The molecule has 0 aliphatic rings. The zero-order valence-electron chi connectivity index (χ0n) is 10.2. The van der Waals surface area contributed by atoms with Gasteiger partial charge in [-0.15, -0.1) is 0 Å². The first kappa shape index (κ1) is 12.6. The van der Waals surface area contributed by atoms with E-state index in [0.29, 0.717) is 16.9 Å². The number of aromatic carboxylic acids is 1. The molecule has 0 fully saturated rings. The molecule has 19 heavy (non-hydrogen) atoms. The summed E-state index contributed by atoms with van der Waals surface area (Å²) in [7, 11) is 0. The van der Waals surface area contributed by atoms with Gasteiger partial charge in [-0.05, 0) is 30.7 Å². The maximum atomic E-state index is 10.7. The standard InChI is InChI=1S/C14H11N3O2/c1-9-3-2-4-12(11(9)7-15)17-10-5-6-13(14(18)19)16-8-10/h2-6,8,17H,1H3,(H,18,19). The highest BCUT2D eigenvalue weighted by molar-refractivity contribution is 5.85. The summed E-state index contributed by atoms with van der Waals surface area (Å²) in [5.74, 6) is -1.07. The Morgan fingerprint density at radius 1 is 1.37 bits per heavy atom. The highest BCUT2D eigenvalue weighted by atomic mass is 16.4. The summed E-state index contributed by atoms with van der Waals surface area (Å²) in [4.78, 5) is 14.5.